The van der Waals surface area contributed by atoms with Crippen LogP contribution in [-0.4, -0.2) is 35.6 Å². The van der Waals surface area contributed by atoms with Crippen LogP contribution in [0.3, 0.4) is 0 Å². The zero-order chi connectivity index (χ0) is 21.3. The van der Waals surface area contributed by atoms with Gasteiger partial charge in [-0.1, -0.05) is 50.6 Å². The number of hydrogen-bond acceptors (Lipinski definition) is 4. The number of amides is 3. The number of nitrogens with two attached hydrogens (primary N) is 1. The van der Waals surface area contributed by atoms with Crippen molar-refractivity contribution in [3.63, 3.8) is 0 Å². The molecular weight excluding hydrogens is 358 g/mol. The summed E-state index contributed by atoms with van der Waals surface area (Å²) in [6.45, 7) is 6.70. The number of hydrogen-bond donors (Lipinski definition) is 3. The molecule has 0 aromatic heterocycles. The van der Waals surface area contributed by atoms with Crippen molar-refractivity contribution in [2.45, 2.75) is 59.0 Å². The number of rotatable bonds is 11. The maximum absolute atomic E-state index is 12.9. The average Bonchev–Trinajstić information content (AvgIpc) is 2.65. The van der Waals surface area contributed by atoms with E-state index in [1.54, 1.807) is 0 Å². The highest BCUT2D eigenvalue weighted by Gasteiger charge is 2.30. The zero-order valence-electron chi connectivity index (χ0n) is 17.0. The molecule has 0 saturated heterocycles. The van der Waals surface area contributed by atoms with Crippen LogP contribution in [0.25, 0.3) is 0 Å². The van der Waals surface area contributed by atoms with E-state index in [9.17, 15) is 19.2 Å². The topological polar surface area (TPSA) is 118 Å². The summed E-state index contributed by atoms with van der Waals surface area (Å²) >= 11 is 0. The van der Waals surface area contributed by atoms with E-state index in [0.717, 1.165) is 5.56 Å². The molecule has 0 aliphatic rings. The number of Topliss-reactive ketones (excluding diaryl/α,β-unsaturated/α-hetero) is 1. The molecule has 7 heteroatoms. The zero-order valence-corrected chi connectivity index (χ0v) is 17.0. The largest absolute Gasteiger partial charge is 0.368 e. The molecular formula is C21H31N3O4. The van der Waals surface area contributed by atoms with Crippen molar-refractivity contribution in [2.24, 2.45) is 17.6 Å². The molecule has 0 bridgehead atoms. The van der Waals surface area contributed by atoms with E-state index in [-0.39, 0.29) is 24.0 Å². The van der Waals surface area contributed by atoms with Gasteiger partial charge in [-0.25, -0.2) is 0 Å². The highest BCUT2D eigenvalue weighted by atomic mass is 16.2. The molecule has 0 radical (unpaired) electrons. The number of nitrogens with one attached hydrogen (secondary N) is 2. The summed E-state index contributed by atoms with van der Waals surface area (Å²) < 4.78 is 0. The molecule has 4 atom stereocenters. The van der Waals surface area contributed by atoms with Crippen LogP contribution < -0.4 is 16.4 Å². The van der Waals surface area contributed by atoms with E-state index in [0.29, 0.717) is 12.8 Å². The summed E-state index contributed by atoms with van der Waals surface area (Å²) in [5, 5.41) is 5.28. The number of carbonyl (C=O) groups excluding carboxylic acids is 4. The molecule has 7 nitrogen and oxygen atoms in total. The third-order valence-corrected chi connectivity index (χ3v) is 4.85. The first-order valence-electron chi connectivity index (χ1n) is 9.59. The van der Waals surface area contributed by atoms with Gasteiger partial charge in [-0.3, -0.25) is 19.2 Å². The highest BCUT2D eigenvalue weighted by molar-refractivity contribution is 5.93. The second-order valence-electron chi connectivity index (χ2n) is 7.25. The van der Waals surface area contributed by atoms with Gasteiger partial charge in [0, 0.05) is 19.3 Å². The van der Waals surface area contributed by atoms with Crippen LogP contribution in [0.5, 0.6) is 0 Å². The first kappa shape index (κ1) is 23.3. The Morgan fingerprint density at radius 1 is 1.04 bits per heavy atom. The summed E-state index contributed by atoms with van der Waals surface area (Å²) in [6.07, 6.45) is 1.02. The predicted molar refractivity (Wildman–Crippen MR) is 107 cm³/mol. The SMILES string of the molecule is CC[C@H](C)[C@H](NC(C)=O)C(=O)C[C@@H](Cc1ccccc1)C(=O)N[C@@H](C)C(N)=O. The van der Waals surface area contributed by atoms with Crippen LogP contribution in [-0.2, 0) is 25.6 Å². The van der Waals surface area contributed by atoms with E-state index in [1.807, 2.05) is 44.2 Å². The van der Waals surface area contributed by atoms with Crippen molar-refractivity contribution < 1.29 is 19.2 Å². The fraction of sp³-hybridized carbons (Fsp3) is 0.524. The van der Waals surface area contributed by atoms with E-state index in [4.69, 9.17) is 5.73 Å². The van der Waals surface area contributed by atoms with Crippen molar-refractivity contribution in [1.29, 1.82) is 0 Å². The second kappa shape index (κ2) is 11.2. The molecule has 0 saturated carbocycles. The summed E-state index contributed by atoms with van der Waals surface area (Å²) in [4.78, 5) is 48.4. The molecule has 0 spiro atoms. The summed E-state index contributed by atoms with van der Waals surface area (Å²) in [7, 11) is 0. The van der Waals surface area contributed by atoms with Gasteiger partial charge in [-0.15, -0.1) is 0 Å². The molecule has 1 aromatic rings. The standard InChI is InChI=1S/C21H31N3O4/c1-5-13(2)19(24-15(4)25)18(26)12-17(11-16-9-7-6-8-10-16)21(28)23-14(3)20(22)27/h6-10,13-14,17,19H,5,11-12H2,1-4H3,(H2,22,27)(H,23,28)(H,24,25)/t13-,14-,17+,19-/m0/s1. The molecule has 154 valence electrons. The summed E-state index contributed by atoms with van der Waals surface area (Å²) in [6, 6.07) is 7.86. The van der Waals surface area contributed by atoms with Crippen molar-refractivity contribution in [2.75, 3.05) is 0 Å². The van der Waals surface area contributed by atoms with Crippen molar-refractivity contribution >= 4 is 23.5 Å². The summed E-state index contributed by atoms with van der Waals surface area (Å²) in [5.41, 5.74) is 6.14. The minimum absolute atomic E-state index is 0.0402. The van der Waals surface area contributed by atoms with E-state index in [1.165, 1.54) is 13.8 Å². The van der Waals surface area contributed by atoms with Crippen LogP contribution in [0.1, 0.15) is 46.1 Å². The number of ketones is 1. The highest BCUT2D eigenvalue weighted by Crippen LogP contribution is 2.18. The van der Waals surface area contributed by atoms with Gasteiger partial charge >= 0.3 is 0 Å². The Balaban J connectivity index is 3.01. The van der Waals surface area contributed by atoms with Crippen LogP contribution in [0.4, 0.5) is 0 Å². The predicted octanol–water partition coefficient (Wildman–Crippen LogP) is 1.35. The summed E-state index contributed by atoms with van der Waals surface area (Å²) in [5.74, 6) is -2.26. The van der Waals surface area contributed by atoms with Gasteiger partial charge in [-0.05, 0) is 24.8 Å². The third-order valence-electron chi connectivity index (χ3n) is 4.85. The van der Waals surface area contributed by atoms with E-state index >= 15 is 0 Å². The Bertz CT molecular complexity index is 690. The molecule has 0 fully saturated rings. The fourth-order valence-electron chi connectivity index (χ4n) is 2.92. The molecule has 28 heavy (non-hydrogen) atoms. The minimum atomic E-state index is -0.832. The van der Waals surface area contributed by atoms with E-state index in [2.05, 4.69) is 10.6 Å². The maximum Gasteiger partial charge on any atom is 0.239 e. The lowest BCUT2D eigenvalue weighted by atomic mass is 9.87. The lowest BCUT2D eigenvalue weighted by molar-refractivity contribution is -0.133. The molecule has 1 rings (SSSR count). The van der Waals surface area contributed by atoms with Gasteiger partial charge in [-0.2, -0.15) is 0 Å². The molecule has 0 unspecified atom stereocenters. The van der Waals surface area contributed by atoms with Gasteiger partial charge in [0.25, 0.3) is 0 Å². The van der Waals surface area contributed by atoms with E-state index < -0.39 is 29.8 Å². The number of primary amides is 1. The van der Waals surface area contributed by atoms with Gasteiger partial charge in [0.15, 0.2) is 5.78 Å². The quantitative estimate of drug-likeness (QED) is 0.529. The Morgan fingerprint density at radius 3 is 2.14 bits per heavy atom. The Labute approximate surface area is 166 Å². The third kappa shape index (κ3) is 7.50. The number of benzene rings is 1. The minimum Gasteiger partial charge on any atom is -0.368 e. The van der Waals surface area contributed by atoms with Crippen molar-refractivity contribution in [3.05, 3.63) is 35.9 Å². The number of carbonyl (C=O) groups is 4. The molecule has 0 heterocycles. The van der Waals surface area contributed by atoms with Gasteiger partial charge in [0.1, 0.15) is 6.04 Å². The Hall–Kier alpha value is -2.70. The van der Waals surface area contributed by atoms with Gasteiger partial charge in [0.2, 0.25) is 17.7 Å². The Morgan fingerprint density at radius 2 is 1.64 bits per heavy atom. The smallest absolute Gasteiger partial charge is 0.239 e. The lowest BCUT2D eigenvalue weighted by Gasteiger charge is -2.25. The average molecular weight is 389 g/mol. The molecule has 3 amide bonds. The van der Waals surface area contributed by atoms with Crippen molar-refractivity contribution in [1.82, 2.24) is 10.6 Å². The first-order valence-corrected chi connectivity index (χ1v) is 9.59. The van der Waals surface area contributed by atoms with Crippen molar-refractivity contribution in [3.8, 4) is 0 Å². The van der Waals surface area contributed by atoms with Crippen LogP contribution >= 0.6 is 0 Å². The second-order valence-corrected chi connectivity index (χ2v) is 7.25. The first-order chi connectivity index (χ1) is 13.1. The molecule has 4 N–H and O–H groups in total. The monoisotopic (exact) mass is 389 g/mol. The molecule has 0 aliphatic carbocycles. The van der Waals surface area contributed by atoms with Gasteiger partial charge < -0.3 is 16.4 Å². The van der Waals surface area contributed by atoms with Crippen LogP contribution in [0, 0.1) is 11.8 Å². The van der Waals surface area contributed by atoms with Gasteiger partial charge in [0.05, 0.1) is 6.04 Å². The van der Waals surface area contributed by atoms with Crippen LogP contribution in [0.2, 0.25) is 0 Å². The fourth-order valence-corrected chi connectivity index (χ4v) is 2.92. The maximum atomic E-state index is 12.9. The normalized spacial score (nSPS) is 15.0. The molecule has 0 aliphatic heterocycles. The Kier molecular flexibility index (Phi) is 9.35. The lowest BCUT2D eigenvalue weighted by Crippen LogP contribution is -2.48. The van der Waals surface area contributed by atoms with Crippen LogP contribution in [0.15, 0.2) is 30.3 Å². The molecule has 1 aromatic carbocycles.